The molecular formula is C18H19N3O. The van der Waals surface area contributed by atoms with Gasteiger partial charge < -0.3 is 5.32 Å². The van der Waals surface area contributed by atoms with E-state index in [4.69, 9.17) is 0 Å². The van der Waals surface area contributed by atoms with Crippen molar-refractivity contribution in [1.82, 2.24) is 14.7 Å². The zero-order chi connectivity index (χ0) is 15.7. The van der Waals surface area contributed by atoms with Gasteiger partial charge in [0.05, 0.1) is 0 Å². The van der Waals surface area contributed by atoms with Crippen molar-refractivity contribution in [3.63, 3.8) is 0 Å². The molecule has 0 saturated carbocycles. The van der Waals surface area contributed by atoms with Crippen LogP contribution in [0.3, 0.4) is 0 Å². The standard InChI is InChI=1S/C18H19N3O/c1-12(2)19-18(22)17-16(14-7-5-4-6-8-14)20-15-11-13(3)9-10-21(15)17/h4-12H,1-3H3,(H,19,22). The van der Waals surface area contributed by atoms with Crippen molar-refractivity contribution < 1.29 is 4.79 Å². The summed E-state index contributed by atoms with van der Waals surface area (Å²) in [6, 6.07) is 13.9. The van der Waals surface area contributed by atoms with E-state index in [9.17, 15) is 4.79 Å². The van der Waals surface area contributed by atoms with Crippen molar-refractivity contribution in [2.45, 2.75) is 26.8 Å². The number of aromatic nitrogens is 2. The number of nitrogens with one attached hydrogen (secondary N) is 1. The van der Waals surface area contributed by atoms with E-state index in [-0.39, 0.29) is 11.9 Å². The molecule has 0 radical (unpaired) electrons. The van der Waals surface area contributed by atoms with Crippen molar-refractivity contribution in [1.29, 1.82) is 0 Å². The molecule has 2 heterocycles. The molecule has 0 fully saturated rings. The summed E-state index contributed by atoms with van der Waals surface area (Å²) in [5.74, 6) is -0.106. The topological polar surface area (TPSA) is 46.4 Å². The Balaban J connectivity index is 2.24. The number of imidazole rings is 1. The minimum absolute atomic E-state index is 0.0760. The highest BCUT2D eigenvalue weighted by Gasteiger charge is 2.20. The molecule has 0 spiro atoms. The molecule has 0 aliphatic heterocycles. The minimum atomic E-state index is -0.106. The van der Waals surface area contributed by atoms with Crippen LogP contribution in [0, 0.1) is 6.92 Å². The van der Waals surface area contributed by atoms with Crippen LogP contribution in [0.5, 0.6) is 0 Å². The smallest absolute Gasteiger partial charge is 0.270 e. The number of fused-ring (bicyclic) bond motifs is 1. The average molecular weight is 293 g/mol. The molecule has 22 heavy (non-hydrogen) atoms. The van der Waals surface area contributed by atoms with Crippen LogP contribution in [0.25, 0.3) is 16.9 Å². The van der Waals surface area contributed by atoms with E-state index >= 15 is 0 Å². The Hall–Kier alpha value is -2.62. The molecule has 2 aromatic heterocycles. The molecule has 4 nitrogen and oxygen atoms in total. The van der Waals surface area contributed by atoms with Crippen LogP contribution in [0.2, 0.25) is 0 Å². The number of hydrogen-bond donors (Lipinski definition) is 1. The summed E-state index contributed by atoms with van der Waals surface area (Å²) in [5.41, 5.74) is 4.14. The van der Waals surface area contributed by atoms with Crippen LogP contribution in [-0.2, 0) is 0 Å². The van der Waals surface area contributed by atoms with E-state index in [1.54, 1.807) is 0 Å². The molecule has 0 saturated heterocycles. The number of hydrogen-bond acceptors (Lipinski definition) is 2. The second-order valence-electron chi connectivity index (χ2n) is 5.74. The first-order valence-corrected chi connectivity index (χ1v) is 7.41. The number of pyridine rings is 1. The van der Waals surface area contributed by atoms with E-state index in [1.165, 1.54) is 0 Å². The summed E-state index contributed by atoms with van der Waals surface area (Å²) in [6.45, 7) is 5.92. The van der Waals surface area contributed by atoms with Crippen LogP contribution in [-0.4, -0.2) is 21.3 Å². The zero-order valence-electron chi connectivity index (χ0n) is 13.0. The van der Waals surface area contributed by atoms with Gasteiger partial charge in [0, 0.05) is 17.8 Å². The van der Waals surface area contributed by atoms with Gasteiger partial charge in [-0.2, -0.15) is 0 Å². The molecular weight excluding hydrogens is 274 g/mol. The van der Waals surface area contributed by atoms with E-state index < -0.39 is 0 Å². The third-order valence-corrected chi connectivity index (χ3v) is 3.46. The Morgan fingerprint density at radius 2 is 1.91 bits per heavy atom. The summed E-state index contributed by atoms with van der Waals surface area (Å²) in [4.78, 5) is 17.3. The summed E-state index contributed by atoms with van der Waals surface area (Å²) in [6.07, 6.45) is 1.90. The number of rotatable bonds is 3. The lowest BCUT2D eigenvalue weighted by Gasteiger charge is -2.10. The van der Waals surface area contributed by atoms with Gasteiger partial charge in [-0.1, -0.05) is 30.3 Å². The molecule has 0 unspecified atom stereocenters. The van der Waals surface area contributed by atoms with Gasteiger partial charge in [-0.3, -0.25) is 9.20 Å². The van der Waals surface area contributed by atoms with Crippen molar-refractivity contribution in [2.75, 3.05) is 0 Å². The van der Waals surface area contributed by atoms with Crippen LogP contribution in [0.1, 0.15) is 29.9 Å². The highest BCUT2D eigenvalue weighted by molar-refractivity contribution is 5.99. The van der Waals surface area contributed by atoms with Gasteiger partial charge >= 0.3 is 0 Å². The number of nitrogens with zero attached hydrogens (tertiary/aromatic N) is 2. The third-order valence-electron chi connectivity index (χ3n) is 3.46. The summed E-state index contributed by atoms with van der Waals surface area (Å²) in [7, 11) is 0. The molecule has 0 atom stereocenters. The molecule has 0 aliphatic carbocycles. The first-order chi connectivity index (χ1) is 10.6. The first kappa shape index (κ1) is 14.3. The quantitative estimate of drug-likeness (QED) is 0.804. The number of amides is 1. The monoisotopic (exact) mass is 293 g/mol. The molecule has 3 aromatic rings. The van der Waals surface area contributed by atoms with Gasteiger partial charge in [0.25, 0.3) is 5.91 Å². The molecule has 1 amide bonds. The summed E-state index contributed by atoms with van der Waals surface area (Å²) >= 11 is 0. The van der Waals surface area contributed by atoms with Gasteiger partial charge in [0.15, 0.2) is 0 Å². The summed E-state index contributed by atoms with van der Waals surface area (Å²) in [5, 5.41) is 2.96. The van der Waals surface area contributed by atoms with Crippen molar-refractivity contribution in [3.05, 3.63) is 59.9 Å². The van der Waals surface area contributed by atoms with Crippen LogP contribution >= 0.6 is 0 Å². The number of aryl methyl sites for hydroxylation is 1. The molecule has 112 valence electrons. The third kappa shape index (κ3) is 2.60. The Morgan fingerprint density at radius 1 is 1.18 bits per heavy atom. The Morgan fingerprint density at radius 3 is 2.59 bits per heavy atom. The Labute approximate surface area is 129 Å². The van der Waals surface area contributed by atoms with Gasteiger partial charge in [0.1, 0.15) is 17.0 Å². The second kappa shape index (κ2) is 5.64. The number of carbonyl (C=O) groups excluding carboxylic acids is 1. The SMILES string of the molecule is Cc1ccn2c(C(=O)NC(C)C)c(-c3ccccc3)nc2c1. The fraction of sp³-hybridized carbons (Fsp3) is 0.222. The molecule has 1 N–H and O–H groups in total. The van der Waals surface area contributed by atoms with E-state index in [1.807, 2.05) is 73.8 Å². The van der Waals surface area contributed by atoms with Gasteiger partial charge in [-0.05, 0) is 38.5 Å². The fourth-order valence-electron chi connectivity index (χ4n) is 2.49. The lowest BCUT2D eigenvalue weighted by molar-refractivity contribution is 0.0938. The predicted molar refractivity (Wildman–Crippen MR) is 88.0 cm³/mol. The lowest BCUT2D eigenvalue weighted by Crippen LogP contribution is -2.31. The van der Waals surface area contributed by atoms with Crippen molar-refractivity contribution in [3.8, 4) is 11.3 Å². The van der Waals surface area contributed by atoms with Crippen LogP contribution in [0.15, 0.2) is 48.7 Å². The molecule has 0 aliphatic rings. The van der Waals surface area contributed by atoms with E-state index in [0.717, 1.165) is 16.8 Å². The molecule has 1 aromatic carbocycles. The Kier molecular flexibility index (Phi) is 3.67. The maximum Gasteiger partial charge on any atom is 0.270 e. The number of benzene rings is 1. The van der Waals surface area contributed by atoms with Crippen molar-refractivity contribution in [2.24, 2.45) is 0 Å². The predicted octanol–water partition coefficient (Wildman–Crippen LogP) is 3.45. The molecule has 4 heteroatoms. The fourth-order valence-corrected chi connectivity index (χ4v) is 2.49. The normalized spacial score (nSPS) is 11.1. The Bertz CT molecular complexity index is 819. The van der Waals surface area contributed by atoms with Gasteiger partial charge in [-0.15, -0.1) is 0 Å². The maximum atomic E-state index is 12.6. The first-order valence-electron chi connectivity index (χ1n) is 7.41. The van der Waals surface area contributed by atoms with E-state index in [0.29, 0.717) is 11.4 Å². The van der Waals surface area contributed by atoms with Gasteiger partial charge in [0.2, 0.25) is 0 Å². The molecule has 0 bridgehead atoms. The highest BCUT2D eigenvalue weighted by Crippen LogP contribution is 2.24. The second-order valence-corrected chi connectivity index (χ2v) is 5.74. The lowest BCUT2D eigenvalue weighted by atomic mass is 10.1. The highest BCUT2D eigenvalue weighted by atomic mass is 16.2. The number of carbonyl (C=O) groups is 1. The zero-order valence-corrected chi connectivity index (χ0v) is 13.0. The van der Waals surface area contributed by atoms with Crippen LogP contribution in [0.4, 0.5) is 0 Å². The average Bonchev–Trinajstić information content (AvgIpc) is 2.86. The minimum Gasteiger partial charge on any atom is -0.349 e. The van der Waals surface area contributed by atoms with Crippen molar-refractivity contribution >= 4 is 11.6 Å². The van der Waals surface area contributed by atoms with E-state index in [2.05, 4.69) is 10.3 Å². The maximum absolute atomic E-state index is 12.6. The largest absolute Gasteiger partial charge is 0.349 e. The van der Waals surface area contributed by atoms with Crippen LogP contribution < -0.4 is 5.32 Å². The van der Waals surface area contributed by atoms with Gasteiger partial charge in [-0.25, -0.2) is 4.98 Å². The molecule has 3 rings (SSSR count). The summed E-state index contributed by atoms with van der Waals surface area (Å²) < 4.78 is 1.85.